The van der Waals surface area contributed by atoms with E-state index in [1.807, 2.05) is 9.80 Å². The number of rotatable bonds is 8. The third-order valence-electron chi connectivity index (χ3n) is 6.03. The van der Waals surface area contributed by atoms with Crippen LogP contribution in [0.15, 0.2) is 29.2 Å². The fourth-order valence-corrected chi connectivity index (χ4v) is 4.89. The summed E-state index contributed by atoms with van der Waals surface area (Å²) in [5.74, 6) is 0.388. The number of carbonyl (C=O) groups excluding carboxylic acids is 3. The zero-order chi connectivity index (χ0) is 27.2. The van der Waals surface area contributed by atoms with Gasteiger partial charge in [0.05, 0.1) is 37.9 Å². The highest BCUT2D eigenvalue weighted by atomic mass is 32.2. The van der Waals surface area contributed by atoms with E-state index in [4.69, 9.17) is 18.9 Å². The highest BCUT2D eigenvalue weighted by Crippen LogP contribution is 2.32. The van der Waals surface area contributed by atoms with Crippen molar-refractivity contribution in [2.45, 2.75) is 6.92 Å². The van der Waals surface area contributed by atoms with Crippen molar-refractivity contribution in [1.29, 1.82) is 0 Å². The number of amides is 2. The van der Waals surface area contributed by atoms with Gasteiger partial charge in [-0.1, -0.05) is 12.1 Å². The Balaban J connectivity index is 1.30. The van der Waals surface area contributed by atoms with Crippen LogP contribution < -0.4 is 14.5 Å². The van der Waals surface area contributed by atoms with Crippen molar-refractivity contribution in [2.24, 2.45) is 0 Å². The molecule has 3 fully saturated rings. The first-order valence-electron chi connectivity index (χ1n) is 12.6. The van der Waals surface area contributed by atoms with Crippen molar-refractivity contribution in [3.05, 3.63) is 34.7 Å². The second-order valence-corrected chi connectivity index (χ2v) is 9.65. The number of morpholine rings is 2. The Morgan fingerprint density at radius 2 is 1.54 bits per heavy atom. The molecule has 0 aliphatic carbocycles. The second-order valence-electron chi connectivity index (χ2n) is 8.66. The van der Waals surface area contributed by atoms with E-state index in [0.717, 1.165) is 16.7 Å². The molecule has 0 unspecified atom stereocenters. The van der Waals surface area contributed by atoms with E-state index >= 15 is 0 Å². The van der Waals surface area contributed by atoms with Gasteiger partial charge < -0.3 is 28.7 Å². The summed E-state index contributed by atoms with van der Waals surface area (Å²) in [5, 5.41) is -0.513. The Bertz CT molecular complexity index is 1210. The first-order valence-corrected chi connectivity index (χ1v) is 13.4. The molecule has 2 amide bonds. The molecule has 0 radical (unpaired) electrons. The van der Waals surface area contributed by atoms with Crippen LogP contribution in [-0.4, -0.2) is 103 Å². The first kappa shape index (κ1) is 26.8. The van der Waals surface area contributed by atoms with Gasteiger partial charge in [-0.25, -0.2) is 0 Å². The van der Waals surface area contributed by atoms with Crippen LogP contribution in [0.1, 0.15) is 12.5 Å². The Morgan fingerprint density at radius 1 is 0.949 bits per heavy atom. The van der Waals surface area contributed by atoms with Crippen LogP contribution in [0.5, 0.6) is 11.8 Å². The summed E-state index contributed by atoms with van der Waals surface area (Å²) >= 11 is 0.779. The standard InChI is InChI=1S/C25H28N6O7S/c1-2-37-20(32)16-31-21(33)19(39-25(31)34)15-17-3-5-18(6-4-17)38-24-27-22(29-7-11-35-12-8-29)26-23(28-24)30-9-13-36-14-10-30/h3-6,15H,2,7-14,16H2,1H3/b19-15-. The van der Waals surface area contributed by atoms with Crippen LogP contribution in [0.25, 0.3) is 6.08 Å². The average molecular weight is 557 g/mol. The molecule has 1 aromatic carbocycles. The number of nitrogens with zero attached hydrogens (tertiary/aromatic N) is 6. The maximum Gasteiger partial charge on any atom is 0.328 e. The number of esters is 1. The predicted molar refractivity (Wildman–Crippen MR) is 142 cm³/mol. The number of carbonyl (C=O) groups is 3. The number of anilines is 2. The van der Waals surface area contributed by atoms with Gasteiger partial charge in [-0.05, 0) is 42.5 Å². The van der Waals surface area contributed by atoms with Gasteiger partial charge in [0, 0.05) is 26.2 Å². The molecule has 0 bridgehead atoms. The number of ether oxygens (including phenoxy) is 4. The molecule has 2 aromatic rings. The van der Waals surface area contributed by atoms with Crippen LogP contribution in [0, 0.1) is 0 Å². The van der Waals surface area contributed by atoms with Gasteiger partial charge in [0.25, 0.3) is 11.1 Å². The number of aromatic nitrogens is 3. The van der Waals surface area contributed by atoms with Crippen molar-refractivity contribution in [3.63, 3.8) is 0 Å². The third kappa shape index (κ3) is 6.64. The molecular formula is C25H28N6O7S. The molecule has 5 rings (SSSR count). The molecule has 3 aliphatic heterocycles. The maximum absolute atomic E-state index is 12.6. The highest BCUT2D eigenvalue weighted by molar-refractivity contribution is 8.18. The largest absolute Gasteiger partial charge is 0.465 e. The molecular weight excluding hydrogens is 528 g/mol. The topological polar surface area (TPSA) is 137 Å². The first-order chi connectivity index (χ1) is 19.0. The Labute approximate surface area is 229 Å². The summed E-state index contributed by atoms with van der Waals surface area (Å²) in [7, 11) is 0. The maximum atomic E-state index is 12.6. The van der Waals surface area contributed by atoms with Gasteiger partial charge in [-0.15, -0.1) is 0 Å². The molecule has 39 heavy (non-hydrogen) atoms. The van der Waals surface area contributed by atoms with E-state index in [0.29, 0.717) is 75.8 Å². The molecule has 206 valence electrons. The predicted octanol–water partition coefficient (Wildman–Crippen LogP) is 1.94. The molecule has 0 N–H and O–H groups in total. The molecule has 14 heteroatoms. The fourth-order valence-electron chi connectivity index (χ4n) is 4.05. The number of benzene rings is 1. The van der Waals surface area contributed by atoms with Crippen molar-refractivity contribution in [1.82, 2.24) is 19.9 Å². The minimum absolute atomic E-state index is 0.167. The third-order valence-corrected chi connectivity index (χ3v) is 6.94. The van der Waals surface area contributed by atoms with Crippen LogP contribution in [-0.2, 0) is 23.8 Å². The normalized spacial score (nSPS) is 19.1. The molecule has 13 nitrogen and oxygen atoms in total. The van der Waals surface area contributed by atoms with Gasteiger partial charge in [-0.2, -0.15) is 15.0 Å². The Hall–Kier alpha value is -3.75. The van der Waals surface area contributed by atoms with Crippen LogP contribution in [0.2, 0.25) is 0 Å². The fraction of sp³-hybridized carbons (Fsp3) is 0.440. The smallest absolute Gasteiger partial charge is 0.328 e. The van der Waals surface area contributed by atoms with Crippen molar-refractivity contribution < 1.29 is 33.3 Å². The molecule has 3 aliphatic rings. The van der Waals surface area contributed by atoms with Gasteiger partial charge in [0.1, 0.15) is 12.3 Å². The molecule has 3 saturated heterocycles. The lowest BCUT2D eigenvalue weighted by molar-refractivity contribution is -0.145. The monoisotopic (exact) mass is 556 g/mol. The lowest BCUT2D eigenvalue weighted by Gasteiger charge is -2.30. The summed E-state index contributed by atoms with van der Waals surface area (Å²) in [4.78, 5) is 55.5. The molecule has 1 aromatic heterocycles. The number of hydrogen-bond acceptors (Lipinski definition) is 13. The lowest BCUT2D eigenvalue weighted by atomic mass is 10.2. The van der Waals surface area contributed by atoms with Crippen LogP contribution >= 0.6 is 11.8 Å². The number of hydrogen-bond donors (Lipinski definition) is 0. The van der Waals surface area contributed by atoms with Crippen molar-refractivity contribution in [2.75, 3.05) is 75.6 Å². The van der Waals surface area contributed by atoms with E-state index in [1.165, 1.54) is 0 Å². The van der Waals surface area contributed by atoms with E-state index < -0.39 is 23.7 Å². The molecule has 0 atom stereocenters. The number of imide groups is 1. The van der Waals surface area contributed by atoms with Gasteiger partial charge >= 0.3 is 12.0 Å². The van der Waals surface area contributed by atoms with Crippen molar-refractivity contribution in [3.8, 4) is 11.8 Å². The molecule has 0 spiro atoms. The van der Waals surface area contributed by atoms with Gasteiger partial charge in [0.15, 0.2) is 0 Å². The quantitative estimate of drug-likeness (QED) is 0.346. The van der Waals surface area contributed by atoms with E-state index in [9.17, 15) is 14.4 Å². The Kier molecular flexibility index (Phi) is 8.54. The minimum Gasteiger partial charge on any atom is -0.465 e. The summed E-state index contributed by atoms with van der Waals surface area (Å²) in [6, 6.07) is 7.12. The highest BCUT2D eigenvalue weighted by Gasteiger charge is 2.36. The summed E-state index contributed by atoms with van der Waals surface area (Å²) < 4.78 is 21.8. The van der Waals surface area contributed by atoms with E-state index in [2.05, 4.69) is 15.0 Å². The summed E-state index contributed by atoms with van der Waals surface area (Å²) in [5.41, 5.74) is 0.683. The summed E-state index contributed by atoms with van der Waals surface area (Å²) in [6.07, 6.45) is 1.59. The summed E-state index contributed by atoms with van der Waals surface area (Å²) in [6.45, 7) is 6.50. The number of thioether (sulfide) groups is 1. The van der Waals surface area contributed by atoms with Crippen molar-refractivity contribution >= 4 is 46.9 Å². The Morgan fingerprint density at radius 3 is 2.10 bits per heavy atom. The van der Waals surface area contributed by atoms with Gasteiger partial charge in [-0.3, -0.25) is 19.3 Å². The zero-order valence-corrected chi connectivity index (χ0v) is 22.2. The van der Waals surface area contributed by atoms with Crippen LogP contribution in [0.4, 0.5) is 16.7 Å². The minimum atomic E-state index is -0.630. The van der Waals surface area contributed by atoms with Crippen LogP contribution in [0.3, 0.4) is 0 Å². The van der Waals surface area contributed by atoms with E-state index in [1.54, 1.807) is 37.3 Å². The zero-order valence-electron chi connectivity index (χ0n) is 21.4. The second kappa shape index (κ2) is 12.4. The molecule has 4 heterocycles. The SMILES string of the molecule is CCOC(=O)CN1C(=O)S/C(=C\c2ccc(Oc3nc(N4CCOCC4)nc(N4CCOCC4)n3)cc2)C1=O. The van der Waals surface area contributed by atoms with Gasteiger partial charge in [0.2, 0.25) is 11.9 Å². The average Bonchev–Trinajstić information content (AvgIpc) is 3.22. The van der Waals surface area contributed by atoms with E-state index in [-0.39, 0.29) is 17.5 Å². The lowest BCUT2D eigenvalue weighted by Crippen LogP contribution is -2.40. The molecule has 0 saturated carbocycles.